The van der Waals surface area contributed by atoms with Gasteiger partial charge in [-0.2, -0.15) is 0 Å². The van der Waals surface area contributed by atoms with Crippen molar-refractivity contribution in [1.82, 2.24) is 19.5 Å². The molecule has 2 N–H and O–H groups in total. The monoisotopic (exact) mass is 301 g/mol. The van der Waals surface area contributed by atoms with Crippen molar-refractivity contribution in [2.45, 2.75) is 0 Å². The van der Waals surface area contributed by atoms with E-state index in [2.05, 4.69) is 15.0 Å². The zero-order valence-corrected chi connectivity index (χ0v) is 12.6. The smallest absolute Gasteiger partial charge is 0.221 e. The number of hydrogen-bond acceptors (Lipinski definition) is 4. The second-order valence-electron chi connectivity index (χ2n) is 5.41. The van der Waals surface area contributed by atoms with Gasteiger partial charge < -0.3 is 10.3 Å². The van der Waals surface area contributed by atoms with E-state index in [1.807, 2.05) is 66.5 Å². The minimum absolute atomic E-state index is 0.271. The summed E-state index contributed by atoms with van der Waals surface area (Å²) in [7, 11) is 2.00. The molecule has 0 spiro atoms. The maximum absolute atomic E-state index is 5.94. The summed E-state index contributed by atoms with van der Waals surface area (Å²) in [5, 5.41) is 1.10. The number of aryl methyl sites for hydroxylation is 1. The molecule has 0 radical (unpaired) electrons. The van der Waals surface area contributed by atoms with Gasteiger partial charge in [-0.15, -0.1) is 0 Å². The van der Waals surface area contributed by atoms with Crippen LogP contribution in [0.1, 0.15) is 0 Å². The highest BCUT2D eigenvalue weighted by molar-refractivity contribution is 5.95. The van der Waals surface area contributed by atoms with Crippen LogP contribution in [0.4, 0.5) is 5.95 Å². The molecule has 1 aromatic carbocycles. The molecule has 23 heavy (non-hydrogen) atoms. The van der Waals surface area contributed by atoms with Gasteiger partial charge in [-0.05, 0) is 12.1 Å². The normalized spacial score (nSPS) is 11.0. The third-order valence-electron chi connectivity index (χ3n) is 3.88. The molecule has 3 heterocycles. The number of nitrogens with two attached hydrogens (primary N) is 1. The molecule has 0 saturated heterocycles. The van der Waals surface area contributed by atoms with Crippen LogP contribution in [0.2, 0.25) is 0 Å². The first-order valence-electron chi connectivity index (χ1n) is 7.32. The largest absolute Gasteiger partial charge is 0.368 e. The molecule has 0 unspecified atom stereocenters. The lowest BCUT2D eigenvalue weighted by Gasteiger charge is -2.05. The predicted octanol–water partition coefficient (Wildman–Crippen LogP) is 3.28. The molecular weight excluding hydrogens is 286 g/mol. The van der Waals surface area contributed by atoms with E-state index < -0.39 is 0 Å². The highest BCUT2D eigenvalue weighted by atomic mass is 15.0. The maximum atomic E-state index is 5.94. The first-order valence-corrected chi connectivity index (χ1v) is 7.32. The molecule has 5 heteroatoms. The molecule has 0 aliphatic heterocycles. The van der Waals surface area contributed by atoms with Gasteiger partial charge in [0.15, 0.2) is 0 Å². The standard InChI is InChI=1S/C18H15N5/c1-23-11-14(13-7-8-20-10-17(13)23)16-9-15(21-18(19)22-16)12-5-3-2-4-6-12/h2-11H,1H3,(H2,19,21,22). The third kappa shape index (κ3) is 2.32. The number of fused-ring (bicyclic) bond motifs is 1. The number of nitrogen functional groups attached to an aromatic ring is 1. The van der Waals surface area contributed by atoms with Gasteiger partial charge in [0, 0.05) is 36.0 Å². The Labute approximate surface area is 133 Å². The van der Waals surface area contributed by atoms with E-state index in [-0.39, 0.29) is 5.95 Å². The highest BCUT2D eigenvalue weighted by Crippen LogP contribution is 2.30. The third-order valence-corrected chi connectivity index (χ3v) is 3.88. The van der Waals surface area contributed by atoms with Crippen molar-refractivity contribution in [2.24, 2.45) is 7.05 Å². The first-order chi connectivity index (χ1) is 11.2. The number of anilines is 1. The summed E-state index contributed by atoms with van der Waals surface area (Å²) >= 11 is 0. The fraction of sp³-hybridized carbons (Fsp3) is 0.0556. The lowest BCUT2D eigenvalue weighted by Crippen LogP contribution is -1.98. The fourth-order valence-corrected chi connectivity index (χ4v) is 2.79. The van der Waals surface area contributed by atoms with Crippen LogP contribution in [0.15, 0.2) is 61.1 Å². The number of pyridine rings is 1. The topological polar surface area (TPSA) is 69.6 Å². The number of benzene rings is 1. The lowest BCUT2D eigenvalue weighted by molar-refractivity contribution is 0.965. The van der Waals surface area contributed by atoms with Crippen LogP contribution < -0.4 is 5.73 Å². The fourth-order valence-electron chi connectivity index (χ4n) is 2.79. The summed E-state index contributed by atoms with van der Waals surface area (Å²) in [5.41, 5.74) is 10.7. The first kappa shape index (κ1) is 13.5. The van der Waals surface area contributed by atoms with E-state index in [1.165, 1.54) is 0 Å². The van der Waals surface area contributed by atoms with Crippen molar-refractivity contribution < 1.29 is 0 Å². The molecule has 5 nitrogen and oxygen atoms in total. The van der Waals surface area contributed by atoms with E-state index in [4.69, 9.17) is 5.73 Å². The van der Waals surface area contributed by atoms with Gasteiger partial charge in [0.1, 0.15) is 0 Å². The average Bonchev–Trinajstić information content (AvgIpc) is 2.93. The Kier molecular flexibility index (Phi) is 3.05. The number of aromatic nitrogens is 4. The molecule has 0 atom stereocenters. The summed E-state index contributed by atoms with van der Waals surface area (Å²) in [6.45, 7) is 0. The summed E-state index contributed by atoms with van der Waals surface area (Å²) in [4.78, 5) is 13.0. The number of nitrogens with zero attached hydrogens (tertiary/aromatic N) is 4. The van der Waals surface area contributed by atoms with Crippen molar-refractivity contribution >= 4 is 16.9 Å². The van der Waals surface area contributed by atoms with Crippen LogP contribution >= 0.6 is 0 Å². The Bertz CT molecular complexity index is 989. The minimum Gasteiger partial charge on any atom is -0.368 e. The highest BCUT2D eigenvalue weighted by Gasteiger charge is 2.12. The van der Waals surface area contributed by atoms with Gasteiger partial charge in [-0.25, -0.2) is 9.97 Å². The zero-order valence-electron chi connectivity index (χ0n) is 12.6. The predicted molar refractivity (Wildman–Crippen MR) is 91.6 cm³/mol. The maximum Gasteiger partial charge on any atom is 0.221 e. The van der Waals surface area contributed by atoms with Gasteiger partial charge in [0.05, 0.1) is 23.1 Å². The summed E-state index contributed by atoms with van der Waals surface area (Å²) in [5.74, 6) is 0.271. The van der Waals surface area contributed by atoms with Crippen LogP contribution in [-0.4, -0.2) is 19.5 Å². The molecule has 3 aromatic heterocycles. The molecule has 112 valence electrons. The molecule has 0 aliphatic rings. The van der Waals surface area contributed by atoms with Gasteiger partial charge in [0.2, 0.25) is 5.95 Å². The second-order valence-corrected chi connectivity index (χ2v) is 5.41. The Morgan fingerprint density at radius 3 is 2.61 bits per heavy atom. The van der Waals surface area contributed by atoms with Crippen molar-refractivity contribution in [3.8, 4) is 22.5 Å². The Hall–Kier alpha value is -3.21. The van der Waals surface area contributed by atoms with Crippen molar-refractivity contribution in [3.63, 3.8) is 0 Å². The number of rotatable bonds is 2. The SMILES string of the molecule is Cn1cc(-c2cc(-c3ccccc3)nc(N)n2)c2ccncc21. The quantitative estimate of drug-likeness (QED) is 0.617. The van der Waals surface area contributed by atoms with E-state index in [1.54, 1.807) is 6.20 Å². The van der Waals surface area contributed by atoms with Crippen molar-refractivity contribution in [1.29, 1.82) is 0 Å². The molecule has 0 fully saturated rings. The molecule has 0 aliphatic carbocycles. The van der Waals surface area contributed by atoms with Crippen molar-refractivity contribution in [2.75, 3.05) is 5.73 Å². The molecular formula is C18H15N5. The Morgan fingerprint density at radius 1 is 1.00 bits per heavy atom. The zero-order chi connectivity index (χ0) is 15.8. The lowest BCUT2D eigenvalue weighted by atomic mass is 10.1. The van der Waals surface area contributed by atoms with Gasteiger partial charge >= 0.3 is 0 Å². The van der Waals surface area contributed by atoms with E-state index in [0.717, 1.165) is 33.4 Å². The minimum atomic E-state index is 0.271. The average molecular weight is 301 g/mol. The van der Waals surface area contributed by atoms with Gasteiger partial charge in [-0.1, -0.05) is 30.3 Å². The molecule has 0 saturated carbocycles. The molecule has 4 rings (SSSR count). The molecule has 0 amide bonds. The van der Waals surface area contributed by atoms with Crippen LogP contribution in [0.25, 0.3) is 33.4 Å². The van der Waals surface area contributed by atoms with Crippen LogP contribution in [0.3, 0.4) is 0 Å². The summed E-state index contributed by atoms with van der Waals surface area (Å²) < 4.78 is 2.04. The van der Waals surface area contributed by atoms with Crippen LogP contribution in [0.5, 0.6) is 0 Å². The Morgan fingerprint density at radius 2 is 1.78 bits per heavy atom. The Balaban J connectivity index is 1.94. The summed E-state index contributed by atoms with van der Waals surface area (Å²) in [6, 6.07) is 13.9. The molecule has 4 aromatic rings. The molecule has 0 bridgehead atoms. The van der Waals surface area contributed by atoms with Crippen molar-refractivity contribution in [3.05, 3.63) is 61.1 Å². The van der Waals surface area contributed by atoms with E-state index in [0.29, 0.717) is 0 Å². The van der Waals surface area contributed by atoms with Crippen LogP contribution in [0, 0.1) is 0 Å². The number of hydrogen-bond donors (Lipinski definition) is 1. The van der Waals surface area contributed by atoms with Gasteiger partial charge in [0.25, 0.3) is 0 Å². The van der Waals surface area contributed by atoms with Gasteiger partial charge in [-0.3, -0.25) is 4.98 Å². The van der Waals surface area contributed by atoms with Crippen LogP contribution in [-0.2, 0) is 7.05 Å². The summed E-state index contributed by atoms with van der Waals surface area (Å²) in [6.07, 6.45) is 5.68. The second kappa shape index (κ2) is 5.21. The van der Waals surface area contributed by atoms with E-state index in [9.17, 15) is 0 Å². The van der Waals surface area contributed by atoms with E-state index >= 15 is 0 Å².